The van der Waals surface area contributed by atoms with Crippen LogP contribution < -0.4 is 5.46 Å². The van der Waals surface area contributed by atoms with Crippen molar-refractivity contribution in [2.75, 3.05) is 13.1 Å². The van der Waals surface area contributed by atoms with E-state index in [0.717, 1.165) is 25.9 Å². The van der Waals surface area contributed by atoms with Gasteiger partial charge in [-0.15, -0.1) is 0 Å². The van der Waals surface area contributed by atoms with Gasteiger partial charge in [0.25, 0.3) is 5.91 Å². The molecule has 1 amide bonds. The zero-order valence-corrected chi connectivity index (χ0v) is 11.0. The molecular formula is C13H20BNO3. The summed E-state index contributed by atoms with van der Waals surface area (Å²) in [4.78, 5) is 14.1. The molecule has 5 heteroatoms. The number of carbonyl (C=O) groups excluding carboxylic acids is 1. The van der Waals surface area contributed by atoms with Gasteiger partial charge in [0, 0.05) is 18.7 Å². The average molecular weight is 249 g/mol. The van der Waals surface area contributed by atoms with Crippen molar-refractivity contribution >= 4 is 18.5 Å². The maximum Gasteiger partial charge on any atom is 0.488 e. The molecule has 0 atom stereocenters. The highest BCUT2D eigenvalue weighted by Crippen LogP contribution is 2.05. The molecule has 0 unspecified atom stereocenters. The van der Waals surface area contributed by atoms with Crippen LogP contribution in [0.3, 0.4) is 0 Å². The summed E-state index contributed by atoms with van der Waals surface area (Å²) in [6.07, 6.45) is 1.82. The lowest BCUT2D eigenvalue weighted by Crippen LogP contribution is -2.35. The number of rotatable bonds is 6. The molecule has 0 aromatic heterocycles. The van der Waals surface area contributed by atoms with Crippen LogP contribution in [-0.4, -0.2) is 41.1 Å². The molecule has 1 aromatic rings. The highest BCUT2D eigenvalue weighted by atomic mass is 16.4. The first-order valence-corrected chi connectivity index (χ1v) is 6.35. The van der Waals surface area contributed by atoms with Crippen LogP contribution in [0.15, 0.2) is 24.3 Å². The monoisotopic (exact) mass is 249 g/mol. The normalized spacial score (nSPS) is 10.2. The van der Waals surface area contributed by atoms with Gasteiger partial charge in [0.1, 0.15) is 0 Å². The van der Waals surface area contributed by atoms with Gasteiger partial charge in [0.2, 0.25) is 0 Å². The van der Waals surface area contributed by atoms with E-state index in [-0.39, 0.29) is 5.91 Å². The fourth-order valence-electron chi connectivity index (χ4n) is 1.87. The number of hydrogen-bond acceptors (Lipinski definition) is 3. The van der Waals surface area contributed by atoms with E-state index in [2.05, 4.69) is 0 Å². The SMILES string of the molecule is CCCN(CCC)C(=O)c1cccc(B(O)O)c1. The summed E-state index contributed by atoms with van der Waals surface area (Å²) in [6, 6.07) is 6.49. The Morgan fingerprint density at radius 3 is 2.33 bits per heavy atom. The summed E-state index contributed by atoms with van der Waals surface area (Å²) in [7, 11) is -1.54. The maximum absolute atomic E-state index is 12.3. The molecule has 0 saturated carbocycles. The minimum atomic E-state index is -1.54. The summed E-state index contributed by atoms with van der Waals surface area (Å²) >= 11 is 0. The Bertz CT molecular complexity index is 390. The molecule has 1 aromatic carbocycles. The average Bonchev–Trinajstić information content (AvgIpc) is 2.38. The molecule has 98 valence electrons. The molecule has 0 saturated heterocycles. The molecule has 0 aliphatic rings. The van der Waals surface area contributed by atoms with Gasteiger partial charge in [0.05, 0.1) is 0 Å². The van der Waals surface area contributed by atoms with E-state index in [1.54, 1.807) is 23.1 Å². The lowest BCUT2D eigenvalue weighted by Gasteiger charge is -2.21. The van der Waals surface area contributed by atoms with Gasteiger partial charge in [-0.25, -0.2) is 0 Å². The van der Waals surface area contributed by atoms with E-state index in [4.69, 9.17) is 10.0 Å². The molecule has 0 aliphatic carbocycles. The van der Waals surface area contributed by atoms with Crippen molar-refractivity contribution in [3.63, 3.8) is 0 Å². The largest absolute Gasteiger partial charge is 0.488 e. The van der Waals surface area contributed by atoms with E-state index in [9.17, 15) is 4.79 Å². The summed E-state index contributed by atoms with van der Waals surface area (Å²) in [6.45, 7) is 5.50. The molecule has 0 aliphatic heterocycles. The highest BCUT2D eigenvalue weighted by Gasteiger charge is 2.17. The van der Waals surface area contributed by atoms with Crippen molar-refractivity contribution in [2.24, 2.45) is 0 Å². The summed E-state index contributed by atoms with van der Waals surface area (Å²) in [5.74, 6) is -0.0544. The minimum Gasteiger partial charge on any atom is -0.423 e. The van der Waals surface area contributed by atoms with Crippen LogP contribution in [0.1, 0.15) is 37.0 Å². The third kappa shape index (κ3) is 3.86. The van der Waals surface area contributed by atoms with Crippen molar-refractivity contribution < 1.29 is 14.8 Å². The van der Waals surface area contributed by atoms with Crippen molar-refractivity contribution in [1.82, 2.24) is 4.90 Å². The van der Waals surface area contributed by atoms with Crippen LogP contribution in [-0.2, 0) is 0 Å². The second-order valence-electron chi connectivity index (χ2n) is 4.29. The zero-order chi connectivity index (χ0) is 13.5. The zero-order valence-electron chi connectivity index (χ0n) is 11.0. The minimum absolute atomic E-state index is 0.0544. The Balaban J connectivity index is 2.90. The molecule has 18 heavy (non-hydrogen) atoms. The summed E-state index contributed by atoms with van der Waals surface area (Å²) < 4.78 is 0. The van der Waals surface area contributed by atoms with Crippen LogP contribution >= 0.6 is 0 Å². The van der Waals surface area contributed by atoms with E-state index < -0.39 is 7.12 Å². The smallest absolute Gasteiger partial charge is 0.423 e. The Kier molecular flexibility index (Phi) is 5.88. The van der Waals surface area contributed by atoms with Crippen LogP contribution in [0.25, 0.3) is 0 Å². The first-order chi connectivity index (χ1) is 8.60. The number of carbonyl (C=O) groups is 1. The van der Waals surface area contributed by atoms with Gasteiger partial charge in [-0.05, 0) is 30.4 Å². The second-order valence-corrected chi connectivity index (χ2v) is 4.29. The van der Waals surface area contributed by atoms with Crippen molar-refractivity contribution in [2.45, 2.75) is 26.7 Å². The predicted molar refractivity (Wildman–Crippen MR) is 72.8 cm³/mol. The third-order valence-corrected chi connectivity index (χ3v) is 2.71. The molecule has 1 rings (SSSR count). The van der Waals surface area contributed by atoms with E-state index in [0.29, 0.717) is 11.0 Å². The van der Waals surface area contributed by atoms with E-state index in [1.165, 1.54) is 6.07 Å². The van der Waals surface area contributed by atoms with Gasteiger partial charge in [-0.1, -0.05) is 26.0 Å². The van der Waals surface area contributed by atoms with Crippen LogP contribution in [0.4, 0.5) is 0 Å². The van der Waals surface area contributed by atoms with Crippen molar-refractivity contribution in [1.29, 1.82) is 0 Å². The first kappa shape index (κ1) is 14.7. The topological polar surface area (TPSA) is 60.8 Å². The Labute approximate surface area is 108 Å². The van der Waals surface area contributed by atoms with E-state index in [1.807, 2.05) is 13.8 Å². The van der Waals surface area contributed by atoms with Gasteiger partial charge < -0.3 is 14.9 Å². The Morgan fingerprint density at radius 1 is 1.22 bits per heavy atom. The molecule has 2 N–H and O–H groups in total. The third-order valence-electron chi connectivity index (χ3n) is 2.71. The van der Waals surface area contributed by atoms with E-state index >= 15 is 0 Å². The fourth-order valence-corrected chi connectivity index (χ4v) is 1.87. The Hall–Kier alpha value is -1.33. The summed E-state index contributed by atoms with van der Waals surface area (Å²) in [5, 5.41) is 18.2. The van der Waals surface area contributed by atoms with Crippen LogP contribution in [0, 0.1) is 0 Å². The standard InChI is InChI=1S/C13H20BNO3/c1-3-8-15(9-4-2)13(16)11-6-5-7-12(10-11)14(17)18/h5-7,10,17-18H,3-4,8-9H2,1-2H3. The second kappa shape index (κ2) is 7.19. The molecular weight excluding hydrogens is 229 g/mol. The molecule has 4 nitrogen and oxygen atoms in total. The lowest BCUT2D eigenvalue weighted by atomic mass is 9.79. The molecule has 0 spiro atoms. The quantitative estimate of drug-likeness (QED) is 0.727. The lowest BCUT2D eigenvalue weighted by molar-refractivity contribution is 0.0755. The number of amides is 1. The maximum atomic E-state index is 12.3. The van der Waals surface area contributed by atoms with Crippen LogP contribution in [0.2, 0.25) is 0 Å². The molecule has 0 fully saturated rings. The highest BCUT2D eigenvalue weighted by molar-refractivity contribution is 6.58. The van der Waals surface area contributed by atoms with Crippen molar-refractivity contribution in [3.8, 4) is 0 Å². The number of hydrogen-bond donors (Lipinski definition) is 2. The van der Waals surface area contributed by atoms with Gasteiger partial charge in [-0.2, -0.15) is 0 Å². The summed E-state index contributed by atoms with van der Waals surface area (Å²) in [5.41, 5.74) is 0.844. The first-order valence-electron chi connectivity index (χ1n) is 6.35. The van der Waals surface area contributed by atoms with Gasteiger partial charge in [-0.3, -0.25) is 4.79 Å². The van der Waals surface area contributed by atoms with Gasteiger partial charge in [0.15, 0.2) is 0 Å². The Morgan fingerprint density at radius 2 is 1.83 bits per heavy atom. The number of benzene rings is 1. The molecule has 0 radical (unpaired) electrons. The molecule has 0 heterocycles. The number of nitrogens with zero attached hydrogens (tertiary/aromatic N) is 1. The van der Waals surface area contributed by atoms with Gasteiger partial charge >= 0.3 is 7.12 Å². The van der Waals surface area contributed by atoms with Crippen molar-refractivity contribution in [3.05, 3.63) is 29.8 Å². The van der Waals surface area contributed by atoms with Crippen LogP contribution in [0.5, 0.6) is 0 Å². The molecule has 0 bridgehead atoms. The predicted octanol–water partition coefficient (Wildman–Crippen LogP) is 0.629. The fraction of sp³-hybridized carbons (Fsp3) is 0.462.